The van der Waals surface area contributed by atoms with Crippen molar-refractivity contribution in [1.29, 1.82) is 0 Å². The molecule has 7 heteroatoms. The molecule has 0 aromatic heterocycles. The minimum Gasteiger partial charge on any atom is -0.392 e. The second kappa shape index (κ2) is 7.51. The van der Waals surface area contributed by atoms with Gasteiger partial charge in [0.1, 0.15) is 0 Å². The van der Waals surface area contributed by atoms with Crippen molar-refractivity contribution < 1.29 is 13.5 Å². The van der Waals surface area contributed by atoms with Crippen LogP contribution < -0.4 is 0 Å². The minimum absolute atomic E-state index is 0.180. The number of sulfonamides is 1. The van der Waals surface area contributed by atoms with Crippen LogP contribution in [0.4, 0.5) is 0 Å². The van der Waals surface area contributed by atoms with Crippen molar-refractivity contribution in [2.45, 2.75) is 17.9 Å². The van der Waals surface area contributed by atoms with E-state index in [0.717, 1.165) is 13.0 Å². The molecule has 0 saturated carbocycles. The number of aliphatic hydroxyl groups excluding tert-OH is 1. The van der Waals surface area contributed by atoms with Crippen molar-refractivity contribution in [2.75, 3.05) is 34.2 Å². The summed E-state index contributed by atoms with van der Waals surface area (Å²) in [6, 6.07) is 4.84. The van der Waals surface area contributed by atoms with Gasteiger partial charge in [-0.25, -0.2) is 12.7 Å². The van der Waals surface area contributed by atoms with Crippen LogP contribution in [0.5, 0.6) is 0 Å². The summed E-state index contributed by atoms with van der Waals surface area (Å²) >= 11 is 3.26. The molecule has 0 spiro atoms. The standard InChI is InChI=1S/C13H21BrN2O3S/c1-15(2)7-4-8-16(3)20(18,19)13-9-11(10-17)5-6-12(13)14/h5-6,9,17H,4,7-8,10H2,1-3H3. The quantitative estimate of drug-likeness (QED) is 0.796. The zero-order chi connectivity index (χ0) is 15.3. The van der Waals surface area contributed by atoms with Gasteiger partial charge in [-0.15, -0.1) is 0 Å². The molecule has 0 saturated heterocycles. The second-order valence-corrected chi connectivity index (χ2v) is 7.77. The van der Waals surface area contributed by atoms with Gasteiger partial charge in [-0.2, -0.15) is 0 Å². The van der Waals surface area contributed by atoms with Crippen molar-refractivity contribution in [2.24, 2.45) is 0 Å². The second-order valence-electron chi connectivity index (χ2n) is 4.91. The SMILES string of the molecule is CN(C)CCCN(C)S(=O)(=O)c1cc(CO)ccc1Br. The fraction of sp³-hybridized carbons (Fsp3) is 0.538. The Balaban J connectivity index is 2.92. The zero-order valence-electron chi connectivity index (χ0n) is 12.0. The Morgan fingerprint density at radius 2 is 1.85 bits per heavy atom. The van der Waals surface area contributed by atoms with Crippen molar-refractivity contribution >= 4 is 26.0 Å². The molecule has 1 aromatic rings. The van der Waals surface area contributed by atoms with Crippen LogP contribution >= 0.6 is 15.9 Å². The molecule has 1 N–H and O–H groups in total. The lowest BCUT2D eigenvalue weighted by molar-refractivity contribution is 0.281. The number of aliphatic hydroxyl groups is 1. The van der Waals surface area contributed by atoms with Gasteiger partial charge in [-0.3, -0.25) is 0 Å². The van der Waals surface area contributed by atoms with Gasteiger partial charge in [0, 0.05) is 18.1 Å². The summed E-state index contributed by atoms with van der Waals surface area (Å²) in [6.07, 6.45) is 0.764. The summed E-state index contributed by atoms with van der Waals surface area (Å²) in [4.78, 5) is 2.21. The fourth-order valence-electron chi connectivity index (χ4n) is 1.74. The molecule has 0 fully saturated rings. The summed E-state index contributed by atoms with van der Waals surface area (Å²) in [6.45, 7) is 1.11. The van der Waals surface area contributed by atoms with E-state index in [-0.39, 0.29) is 11.5 Å². The Bertz CT molecular complexity index is 547. The molecule has 20 heavy (non-hydrogen) atoms. The monoisotopic (exact) mass is 364 g/mol. The van der Waals surface area contributed by atoms with Crippen LogP contribution in [-0.4, -0.2) is 57.0 Å². The van der Waals surface area contributed by atoms with Gasteiger partial charge in [0.25, 0.3) is 0 Å². The van der Waals surface area contributed by atoms with Gasteiger partial charge >= 0.3 is 0 Å². The highest BCUT2D eigenvalue weighted by Crippen LogP contribution is 2.25. The number of rotatable bonds is 7. The van der Waals surface area contributed by atoms with E-state index in [4.69, 9.17) is 5.11 Å². The first-order valence-corrected chi connectivity index (χ1v) is 8.52. The molecule has 114 valence electrons. The smallest absolute Gasteiger partial charge is 0.243 e. The molecule has 1 rings (SSSR count). The van der Waals surface area contributed by atoms with Gasteiger partial charge in [0.2, 0.25) is 10.0 Å². The van der Waals surface area contributed by atoms with E-state index in [1.807, 2.05) is 19.0 Å². The van der Waals surface area contributed by atoms with Gasteiger partial charge in [-0.05, 0) is 60.7 Å². The van der Waals surface area contributed by atoms with Crippen LogP contribution in [0.25, 0.3) is 0 Å². The highest BCUT2D eigenvalue weighted by Gasteiger charge is 2.23. The number of halogens is 1. The van der Waals surface area contributed by atoms with Crippen LogP contribution in [0.15, 0.2) is 27.6 Å². The summed E-state index contributed by atoms with van der Waals surface area (Å²) in [5, 5.41) is 9.13. The number of hydrogen-bond donors (Lipinski definition) is 1. The maximum atomic E-state index is 12.5. The third-order valence-corrected chi connectivity index (χ3v) is 5.80. The molecule has 1 aromatic carbocycles. The minimum atomic E-state index is -3.54. The molecule has 0 radical (unpaired) electrons. The van der Waals surface area contributed by atoms with E-state index < -0.39 is 10.0 Å². The first-order chi connectivity index (χ1) is 9.28. The molecule has 0 aliphatic heterocycles. The molecule has 0 amide bonds. The lowest BCUT2D eigenvalue weighted by Crippen LogP contribution is -2.30. The Labute approximate surface area is 129 Å². The Morgan fingerprint density at radius 1 is 1.20 bits per heavy atom. The summed E-state index contributed by atoms with van der Waals surface area (Å²) in [5.41, 5.74) is 0.577. The molecular formula is C13H21BrN2O3S. The number of hydrogen-bond acceptors (Lipinski definition) is 4. The third kappa shape index (κ3) is 4.53. The Hall–Kier alpha value is -0.470. The largest absolute Gasteiger partial charge is 0.392 e. The molecule has 0 atom stereocenters. The maximum Gasteiger partial charge on any atom is 0.243 e. The van der Waals surface area contributed by atoms with E-state index in [1.165, 1.54) is 10.4 Å². The lowest BCUT2D eigenvalue weighted by atomic mass is 10.2. The predicted octanol–water partition coefficient (Wildman–Crippen LogP) is 1.51. The van der Waals surface area contributed by atoms with Crippen LogP contribution in [-0.2, 0) is 16.6 Å². The molecule has 0 aliphatic carbocycles. The topological polar surface area (TPSA) is 60.9 Å². The summed E-state index contributed by atoms with van der Waals surface area (Å²) < 4.78 is 26.8. The number of benzene rings is 1. The van der Waals surface area contributed by atoms with Crippen molar-refractivity contribution in [3.63, 3.8) is 0 Å². The van der Waals surface area contributed by atoms with Crippen molar-refractivity contribution in [3.05, 3.63) is 28.2 Å². The molecule has 5 nitrogen and oxygen atoms in total. The van der Waals surface area contributed by atoms with E-state index in [2.05, 4.69) is 15.9 Å². The third-order valence-electron chi connectivity index (χ3n) is 2.94. The number of nitrogens with zero attached hydrogens (tertiary/aromatic N) is 2. The first-order valence-electron chi connectivity index (χ1n) is 6.29. The van der Waals surface area contributed by atoms with E-state index in [9.17, 15) is 8.42 Å². The molecule has 0 unspecified atom stereocenters. The Kier molecular flexibility index (Phi) is 6.60. The zero-order valence-corrected chi connectivity index (χ0v) is 14.4. The van der Waals surface area contributed by atoms with Gasteiger partial charge in [-0.1, -0.05) is 6.07 Å². The van der Waals surface area contributed by atoms with Gasteiger partial charge in [0.05, 0.1) is 11.5 Å². The first kappa shape index (κ1) is 17.6. The molecule has 0 bridgehead atoms. The molecule has 0 heterocycles. The van der Waals surface area contributed by atoms with Crippen LogP contribution in [0.1, 0.15) is 12.0 Å². The van der Waals surface area contributed by atoms with E-state index >= 15 is 0 Å². The normalized spacial score (nSPS) is 12.3. The fourth-order valence-corrected chi connectivity index (χ4v) is 3.92. The Morgan fingerprint density at radius 3 is 2.40 bits per heavy atom. The lowest BCUT2D eigenvalue weighted by Gasteiger charge is -2.19. The van der Waals surface area contributed by atoms with Crippen LogP contribution in [0, 0.1) is 0 Å². The predicted molar refractivity (Wildman–Crippen MR) is 83.1 cm³/mol. The van der Waals surface area contributed by atoms with Crippen LogP contribution in [0.2, 0.25) is 0 Å². The summed E-state index contributed by atoms with van der Waals surface area (Å²) in [5.74, 6) is 0. The van der Waals surface area contributed by atoms with Crippen LogP contribution in [0.3, 0.4) is 0 Å². The van der Waals surface area contributed by atoms with E-state index in [0.29, 0.717) is 16.6 Å². The molecule has 0 aliphatic rings. The highest BCUT2D eigenvalue weighted by atomic mass is 79.9. The van der Waals surface area contributed by atoms with Gasteiger partial charge < -0.3 is 10.0 Å². The van der Waals surface area contributed by atoms with E-state index in [1.54, 1.807) is 19.2 Å². The van der Waals surface area contributed by atoms with Crippen molar-refractivity contribution in [1.82, 2.24) is 9.21 Å². The average Bonchev–Trinajstić information content (AvgIpc) is 2.38. The summed E-state index contributed by atoms with van der Waals surface area (Å²) in [7, 11) is 1.94. The maximum absolute atomic E-state index is 12.5. The van der Waals surface area contributed by atoms with Crippen molar-refractivity contribution in [3.8, 4) is 0 Å². The van der Waals surface area contributed by atoms with Gasteiger partial charge in [0.15, 0.2) is 0 Å². The average molecular weight is 365 g/mol. The molecular weight excluding hydrogens is 344 g/mol. The highest BCUT2D eigenvalue weighted by molar-refractivity contribution is 9.10.